The van der Waals surface area contributed by atoms with E-state index in [4.69, 9.17) is 5.10 Å². The standard InChI is InChI=1S/C26H26F2N4/c1-13-10-29-23-17(13)7-16(27)8-19(23)18-9-21(28)24-22(14(18)2)25-20(26(3,4)31-24)11-30-32(25)12-15-5-6-15/h7-11,15,29,31H,5-6,12H2,1-4H3. The van der Waals surface area contributed by atoms with Crippen LogP contribution in [-0.2, 0) is 12.1 Å². The molecule has 1 saturated carbocycles. The zero-order valence-electron chi connectivity index (χ0n) is 18.7. The van der Waals surface area contributed by atoms with Crippen molar-refractivity contribution in [2.75, 3.05) is 5.32 Å². The van der Waals surface area contributed by atoms with Crippen LogP contribution in [0.1, 0.15) is 43.4 Å². The van der Waals surface area contributed by atoms with E-state index in [2.05, 4.69) is 24.1 Å². The Hall–Kier alpha value is -3.15. The summed E-state index contributed by atoms with van der Waals surface area (Å²) in [6.45, 7) is 8.89. The first-order chi connectivity index (χ1) is 15.2. The van der Waals surface area contributed by atoms with Gasteiger partial charge in [0.15, 0.2) is 0 Å². The summed E-state index contributed by atoms with van der Waals surface area (Å²) in [5.74, 6) is -0.0239. The Morgan fingerprint density at radius 1 is 1.12 bits per heavy atom. The average molecular weight is 433 g/mol. The Labute approximate surface area is 185 Å². The van der Waals surface area contributed by atoms with Gasteiger partial charge in [0.1, 0.15) is 11.6 Å². The van der Waals surface area contributed by atoms with Crippen LogP contribution in [0.3, 0.4) is 0 Å². The van der Waals surface area contributed by atoms with Crippen molar-refractivity contribution in [3.8, 4) is 22.4 Å². The maximum Gasteiger partial charge on any atom is 0.147 e. The molecule has 0 spiro atoms. The van der Waals surface area contributed by atoms with Crippen LogP contribution >= 0.6 is 0 Å². The lowest BCUT2D eigenvalue weighted by atomic mass is 9.83. The molecule has 0 unspecified atom stereocenters. The van der Waals surface area contributed by atoms with Gasteiger partial charge >= 0.3 is 0 Å². The fraction of sp³-hybridized carbons (Fsp3) is 0.346. The predicted octanol–water partition coefficient (Wildman–Crippen LogP) is 6.66. The maximum atomic E-state index is 15.7. The molecule has 32 heavy (non-hydrogen) atoms. The van der Waals surface area contributed by atoms with Gasteiger partial charge in [-0.1, -0.05) is 0 Å². The molecule has 3 heterocycles. The molecular formula is C26H26F2N4. The van der Waals surface area contributed by atoms with Crippen LogP contribution in [0.25, 0.3) is 33.3 Å². The van der Waals surface area contributed by atoms with Gasteiger partial charge in [0.2, 0.25) is 0 Å². The number of H-pyrrole nitrogens is 1. The van der Waals surface area contributed by atoms with E-state index >= 15 is 4.39 Å². The number of hydrogen-bond acceptors (Lipinski definition) is 2. The Morgan fingerprint density at radius 2 is 1.91 bits per heavy atom. The summed E-state index contributed by atoms with van der Waals surface area (Å²) < 4.78 is 32.3. The maximum absolute atomic E-state index is 15.7. The van der Waals surface area contributed by atoms with E-state index in [1.54, 1.807) is 0 Å². The Bertz CT molecular complexity index is 1410. The number of nitrogens with zero attached hydrogens (tertiary/aromatic N) is 2. The minimum atomic E-state index is -0.443. The van der Waals surface area contributed by atoms with Gasteiger partial charge < -0.3 is 10.3 Å². The first-order valence-electron chi connectivity index (χ1n) is 11.2. The lowest BCUT2D eigenvalue weighted by Gasteiger charge is -2.35. The van der Waals surface area contributed by atoms with Crippen molar-refractivity contribution in [3.63, 3.8) is 0 Å². The van der Waals surface area contributed by atoms with Crippen LogP contribution in [0.4, 0.5) is 14.5 Å². The first kappa shape index (κ1) is 19.5. The molecule has 4 aromatic rings. The molecule has 0 atom stereocenters. The molecule has 6 heteroatoms. The second-order valence-corrected chi connectivity index (χ2v) is 9.91. The zero-order valence-corrected chi connectivity index (χ0v) is 18.7. The molecule has 1 aliphatic heterocycles. The third-order valence-corrected chi connectivity index (χ3v) is 7.11. The highest BCUT2D eigenvalue weighted by Gasteiger charge is 2.38. The molecule has 4 nitrogen and oxygen atoms in total. The largest absolute Gasteiger partial charge is 0.373 e. The molecule has 1 fully saturated rings. The molecule has 1 aliphatic carbocycles. The van der Waals surface area contributed by atoms with Gasteiger partial charge in [-0.15, -0.1) is 0 Å². The van der Waals surface area contributed by atoms with Crippen molar-refractivity contribution >= 4 is 16.6 Å². The number of halogens is 2. The van der Waals surface area contributed by atoms with Crippen LogP contribution < -0.4 is 5.32 Å². The number of fused-ring (bicyclic) bond motifs is 4. The lowest BCUT2D eigenvalue weighted by molar-refractivity contribution is 0.555. The van der Waals surface area contributed by atoms with E-state index < -0.39 is 5.54 Å². The van der Waals surface area contributed by atoms with Gasteiger partial charge in [0.05, 0.1) is 28.6 Å². The molecule has 2 N–H and O–H groups in total. The number of aromatic nitrogens is 3. The summed E-state index contributed by atoms with van der Waals surface area (Å²) in [4.78, 5) is 3.26. The second-order valence-electron chi connectivity index (χ2n) is 9.91. The minimum Gasteiger partial charge on any atom is -0.373 e. The molecule has 164 valence electrons. The summed E-state index contributed by atoms with van der Waals surface area (Å²) in [6.07, 6.45) is 6.20. The monoisotopic (exact) mass is 432 g/mol. The summed E-state index contributed by atoms with van der Waals surface area (Å²) in [6, 6.07) is 4.56. The number of aromatic amines is 1. The first-order valence-corrected chi connectivity index (χ1v) is 11.2. The van der Waals surface area contributed by atoms with Gasteiger partial charge in [-0.25, -0.2) is 8.78 Å². The number of hydrogen-bond donors (Lipinski definition) is 2. The second kappa shape index (κ2) is 6.44. The predicted molar refractivity (Wildman–Crippen MR) is 124 cm³/mol. The fourth-order valence-corrected chi connectivity index (χ4v) is 5.16. The van der Waals surface area contributed by atoms with Crippen LogP contribution in [-0.4, -0.2) is 14.8 Å². The summed E-state index contributed by atoms with van der Waals surface area (Å²) in [7, 11) is 0. The minimum absolute atomic E-state index is 0.327. The summed E-state index contributed by atoms with van der Waals surface area (Å²) in [5, 5.41) is 8.92. The molecule has 2 aliphatic rings. The third-order valence-electron chi connectivity index (χ3n) is 7.11. The van der Waals surface area contributed by atoms with Crippen LogP contribution in [0.15, 0.2) is 30.6 Å². The van der Waals surface area contributed by atoms with Crippen LogP contribution in [0, 0.1) is 31.4 Å². The van der Waals surface area contributed by atoms with Crippen molar-refractivity contribution in [1.82, 2.24) is 14.8 Å². The van der Waals surface area contributed by atoms with E-state index in [0.29, 0.717) is 22.7 Å². The number of benzene rings is 2. The highest BCUT2D eigenvalue weighted by atomic mass is 19.1. The molecule has 0 saturated heterocycles. The van der Waals surface area contributed by atoms with Crippen molar-refractivity contribution in [1.29, 1.82) is 0 Å². The number of rotatable bonds is 3. The normalized spacial score (nSPS) is 16.7. The smallest absolute Gasteiger partial charge is 0.147 e. The van der Waals surface area contributed by atoms with Crippen LogP contribution in [0.5, 0.6) is 0 Å². The van der Waals surface area contributed by atoms with Gasteiger partial charge in [0.25, 0.3) is 0 Å². The molecule has 2 aromatic heterocycles. The highest BCUT2D eigenvalue weighted by Crippen LogP contribution is 2.49. The molecule has 0 bridgehead atoms. The zero-order chi connectivity index (χ0) is 22.4. The molecular weight excluding hydrogens is 406 g/mol. The van der Waals surface area contributed by atoms with Gasteiger partial charge in [-0.05, 0) is 81.3 Å². The van der Waals surface area contributed by atoms with Crippen LogP contribution in [0.2, 0.25) is 0 Å². The topological polar surface area (TPSA) is 45.6 Å². The fourth-order valence-electron chi connectivity index (χ4n) is 5.16. The van der Waals surface area contributed by atoms with Crippen molar-refractivity contribution in [2.45, 2.75) is 52.6 Å². The van der Waals surface area contributed by atoms with Crippen molar-refractivity contribution in [3.05, 3.63) is 58.9 Å². The van der Waals surface area contributed by atoms with Gasteiger partial charge in [-0.3, -0.25) is 4.68 Å². The summed E-state index contributed by atoms with van der Waals surface area (Å²) in [5.41, 5.74) is 6.99. The van der Waals surface area contributed by atoms with Crippen molar-refractivity contribution in [2.24, 2.45) is 5.92 Å². The third kappa shape index (κ3) is 2.74. The molecule has 0 radical (unpaired) electrons. The SMILES string of the molecule is Cc1c(-c2cc(F)cc3c(C)c[nH]c23)cc(F)c2c1-c1c(cnn1CC1CC1)C(C)(C)N2. The number of anilines is 1. The quantitative estimate of drug-likeness (QED) is 0.380. The van der Waals surface area contributed by atoms with E-state index in [9.17, 15) is 4.39 Å². The highest BCUT2D eigenvalue weighted by molar-refractivity contribution is 5.99. The molecule has 2 aromatic carbocycles. The Morgan fingerprint density at radius 3 is 2.66 bits per heavy atom. The number of aryl methyl sites for hydroxylation is 1. The number of nitrogens with one attached hydrogen (secondary N) is 2. The summed E-state index contributed by atoms with van der Waals surface area (Å²) >= 11 is 0. The molecule has 0 amide bonds. The Balaban J connectivity index is 1.65. The van der Waals surface area contributed by atoms with Gasteiger partial charge in [0, 0.05) is 34.8 Å². The van der Waals surface area contributed by atoms with Crippen molar-refractivity contribution < 1.29 is 8.78 Å². The van der Waals surface area contributed by atoms with E-state index in [0.717, 1.165) is 45.4 Å². The van der Waals surface area contributed by atoms with Gasteiger partial charge in [-0.2, -0.15) is 5.10 Å². The van der Waals surface area contributed by atoms with E-state index in [1.807, 2.05) is 30.9 Å². The molecule has 6 rings (SSSR count). The Kier molecular flexibility index (Phi) is 3.93. The van der Waals surface area contributed by atoms with E-state index in [1.165, 1.54) is 31.0 Å². The van der Waals surface area contributed by atoms with E-state index in [-0.39, 0.29) is 11.6 Å². The lowest BCUT2D eigenvalue weighted by Crippen LogP contribution is -2.33. The average Bonchev–Trinajstić information content (AvgIpc) is 3.33.